The van der Waals surface area contributed by atoms with Crippen molar-refractivity contribution in [3.63, 3.8) is 0 Å². The van der Waals surface area contributed by atoms with Gasteiger partial charge < -0.3 is 14.6 Å². The van der Waals surface area contributed by atoms with E-state index in [4.69, 9.17) is 4.43 Å². The quantitative estimate of drug-likeness (QED) is 0.480. The van der Waals surface area contributed by atoms with Gasteiger partial charge in [0.05, 0.1) is 0 Å². The summed E-state index contributed by atoms with van der Waals surface area (Å²) in [7, 11) is -0.337. The molecular formula is C12H28N2O2Si. The van der Waals surface area contributed by atoms with Crippen molar-refractivity contribution in [1.29, 1.82) is 0 Å². The Labute approximate surface area is 108 Å². The van der Waals surface area contributed by atoms with Gasteiger partial charge in [-0.1, -0.05) is 13.8 Å². The van der Waals surface area contributed by atoms with Crippen LogP contribution >= 0.6 is 0 Å². The van der Waals surface area contributed by atoms with Gasteiger partial charge in [-0.2, -0.15) is 0 Å². The molecular weight excluding hydrogens is 232 g/mol. The standard InChI is InChI=1S/C12H28N2O2Si/c1-4-9-14(10-5-2)12(15)13-8-7-11-17-16-6-3/h4-11,17H2,1-3H3,(H,13,15). The molecule has 0 heterocycles. The Hall–Kier alpha value is -0.553. The van der Waals surface area contributed by atoms with Crippen molar-refractivity contribution in [1.82, 2.24) is 10.2 Å². The zero-order valence-corrected chi connectivity index (χ0v) is 13.0. The van der Waals surface area contributed by atoms with E-state index in [2.05, 4.69) is 19.2 Å². The van der Waals surface area contributed by atoms with E-state index in [1.165, 1.54) is 0 Å². The second-order valence-corrected chi connectivity index (χ2v) is 5.65. The van der Waals surface area contributed by atoms with Crippen LogP contribution in [0.1, 0.15) is 40.0 Å². The second-order valence-electron chi connectivity index (χ2n) is 4.12. The Morgan fingerprint density at radius 1 is 1.24 bits per heavy atom. The lowest BCUT2D eigenvalue weighted by Gasteiger charge is -2.21. The van der Waals surface area contributed by atoms with Crippen molar-refractivity contribution >= 4 is 15.8 Å². The molecule has 2 amide bonds. The van der Waals surface area contributed by atoms with Gasteiger partial charge in [-0.15, -0.1) is 0 Å². The summed E-state index contributed by atoms with van der Waals surface area (Å²) in [4.78, 5) is 13.7. The minimum absolute atomic E-state index is 0.0896. The molecule has 4 nitrogen and oxygen atoms in total. The van der Waals surface area contributed by atoms with Gasteiger partial charge in [0.15, 0.2) is 9.76 Å². The summed E-state index contributed by atoms with van der Waals surface area (Å²) in [6.07, 6.45) is 3.08. The minimum Gasteiger partial charge on any atom is -0.424 e. The summed E-state index contributed by atoms with van der Waals surface area (Å²) in [5.41, 5.74) is 0. The molecule has 0 fully saturated rings. The summed E-state index contributed by atoms with van der Waals surface area (Å²) in [5, 5.41) is 2.98. The number of carbonyl (C=O) groups is 1. The minimum atomic E-state index is -0.337. The van der Waals surface area contributed by atoms with Gasteiger partial charge in [0, 0.05) is 26.2 Å². The molecule has 0 aliphatic rings. The van der Waals surface area contributed by atoms with Crippen LogP contribution in [0.5, 0.6) is 0 Å². The summed E-state index contributed by atoms with van der Waals surface area (Å²) in [5.74, 6) is 0. The maximum absolute atomic E-state index is 11.8. The lowest BCUT2D eigenvalue weighted by molar-refractivity contribution is 0.198. The first-order valence-electron chi connectivity index (χ1n) is 6.86. The predicted octanol–water partition coefficient (Wildman–Crippen LogP) is 1.75. The maximum Gasteiger partial charge on any atom is 0.317 e. The molecule has 0 rings (SSSR count). The normalized spacial score (nSPS) is 11.0. The first-order valence-corrected chi connectivity index (χ1v) is 8.44. The maximum atomic E-state index is 11.8. The second kappa shape index (κ2) is 11.9. The van der Waals surface area contributed by atoms with Gasteiger partial charge in [0.1, 0.15) is 0 Å². The van der Waals surface area contributed by atoms with E-state index in [-0.39, 0.29) is 15.8 Å². The van der Waals surface area contributed by atoms with Gasteiger partial charge >= 0.3 is 6.03 Å². The van der Waals surface area contributed by atoms with Gasteiger partial charge in [-0.25, -0.2) is 4.79 Å². The van der Waals surface area contributed by atoms with Crippen LogP contribution in [0.25, 0.3) is 0 Å². The molecule has 0 unspecified atom stereocenters. The van der Waals surface area contributed by atoms with Crippen molar-refractivity contribution in [3.8, 4) is 0 Å². The van der Waals surface area contributed by atoms with E-state index in [9.17, 15) is 4.79 Å². The number of hydrogen-bond acceptors (Lipinski definition) is 2. The van der Waals surface area contributed by atoms with Crippen LogP contribution in [0.3, 0.4) is 0 Å². The molecule has 0 spiro atoms. The van der Waals surface area contributed by atoms with Crippen molar-refractivity contribution in [2.45, 2.75) is 46.1 Å². The van der Waals surface area contributed by atoms with Crippen LogP contribution in [0.2, 0.25) is 6.04 Å². The fourth-order valence-electron chi connectivity index (χ4n) is 1.64. The van der Waals surface area contributed by atoms with E-state index in [0.29, 0.717) is 0 Å². The number of carbonyl (C=O) groups excluding carboxylic acids is 1. The van der Waals surface area contributed by atoms with E-state index in [1.54, 1.807) is 0 Å². The zero-order chi connectivity index (χ0) is 12.9. The van der Waals surface area contributed by atoms with Crippen LogP contribution in [0.4, 0.5) is 4.79 Å². The van der Waals surface area contributed by atoms with Crippen molar-refractivity contribution in [2.24, 2.45) is 0 Å². The van der Waals surface area contributed by atoms with Crippen LogP contribution in [0, 0.1) is 0 Å². The first kappa shape index (κ1) is 16.4. The van der Waals surface area contributed by atoms with Gasteiger partial charge in [-0.05, 0) is 32.2 Å². The Morgan fingerprint density at radius 3 is 2.41 bits per heavy atom. The smallest absolute Gasteiger partial charge is 0.317 e. The predicted molar refractivity (Wildman–Crippen MR) is 75.1 cm³/mol. The molecule has 0 radical (unpaired) electrons. The molecule has 0 saturated carbocycles. The number of nitrogens with one attached hydrogen (secondary N) is 1. The van der Waals surface area contributed by atoms with Crippen LogP contribution in [-0.2, 0) is 4.43 Å². The number of nitrogens with zero attached hydrogens (tertiary/aromatic N) is 1. The summed E-state index contributed by atoms with van der Waals surface area (Å²) >= 11 is 0. The zero-order valence-electron chi connectivity index (χ0n) is 11.6. The van der Waals surface area contributed by atoms with Gasteiger partial charge in [-0.3, -0.25) is 0 Å². The molecule has 0 bridgehead atoms. The molecule has 102 valence electrons. The van der Waals surface area contributed by atoms with Gasteiger partial charge in [0.2, 0.25) is 0 Å². The molecule has 0 aliphatic heterocycles. The SMILES string of the molecule is CCCN(CCC)C(=O)NCCC[SiH2]OCC. The Morgan fingerprint density at radius 2 is 1.88 bits per heavy atom. The summed E-state index contributed by atoms with van der Waals surface area (Å²) in [6, 6.07) is 1.24. The molecule has 5 heteroatoms. The number of hydrogen-bond donors (Lipinski definition) is 1. The molecule has 0 atom stereocenters. The summed E-state index contributed by atoms with van der Waals surface area (Å²) < 4.78 is 5.38. The highest BCUT2D eigenvalue weighted by molar-refractivity contribution is 6.26. The fraction of sp³-hybridized carbons (Fsp3) is 0.917. The van der Waals surface area contributed by atoms with Crippen LogP contribution in [0.15, 0.2) is 0 Å². The third-order valence-electron chi connectivity index (χ3n) is 2.47. The third kappa shape index (κ3) is 9.18. The molecule has 17 heavy (non-hydrogen) atoms. The average molecular weight is 260 g/mol. The molecule has 0 aromatic heterocycles. The monoisotopic (exact) mass is 260 g/mol. The molecule has 0 saturated heterocycles. The molecule has 0 aromatic rings. The molecule has 0 aromatic carbocycles. The highest BCUT2D eigenvalue weighted by atomic mass is 28.2. The first-order chi connectivity index (χ1) is 8.26. The van der Waals surface area contributed by atoms with Crippen LogP contribution < -0.4 is 5.32 Å². The number of rotatable bonds is 10. The number of amides is 2. The van der Waals surface area contributed by atoms with E-state index in [0.717, 1.165) is 51.5 Å². The third-order valence-corrected chi connectivity index (χ3v) is 3.96. The Balaban J connectivity index is 3.59. The van der Waals surface area contributed by atoms with Crippen molar-refractivity contribution < 1.29 is 9.22 Å². The van der Waals surface area contributed by atoms with Crippen LogP contribution in [-0.4, -0.2) is 46.9 Å². The molecule has 1 N–H and O–H groups in total. The van der Waals surface area contributed by atoms with E-state index < -0.39 is 0 Å². The van der Waals surface area contributed by atoms with E-state index in [1.807, 2.05) is 11.8 Å². The largest absolute Gasteiger partial charge is 0.424 e. The van der Waals surface area contributed by atoms with Gasteiger partial charge in [0.25, 0.3) is 0 Å². The highest BCUT2D eigenvalue weighted by Gasteiger charge is 2.09. The number of urea groups is 1. The summed E-state index contributed by atoms with van der Waals surface area (Å²) in [6.45, 7) is 9.55. The van der Waals surface area contributed by atoms with Crippen molar-refractivity contribution in [2.75, 3.05) is 26.2 Å². The lowest BCUT2D eigenvalue weighted by Crippen LogP contribution is -2.41. The Bertz CT molecular complexity index is 185. The Kier molecular flexibility index (Phi) is 11.5. The molecule has 0 aliphatic carbocycles. The average Bonchev–Trinajstić information content (AvgIpc) is 2.33. The van der Waals surface area contributed by atoms with Crippen molar-refractivity contribution in [3.05, 3.63) is 0 Å². The van der Waals surface area contributed by atoms with E-state index >= 15 is 0 Å². The highest BCUT2D eigenvalue weighted by Crippen LogP contribution is 1.96. The fourth-order valence-corrected chi connectivity index (χ4v) is 2.58. The topological polar surface area (TPSA) is 41.6 Å². The lowest BCUT2D eigenvalue weighted by atomic mass is 10.3.